The van der Waals surface area contributed by atoms with E-state index in [1.165, 1.54) is 6.07 Å². The second-order valence-electron chi connectivity index (χ2n) is 4.63. The minimum Gasteiger partial charge on any atom is -0.298 e. The van der Waals surface area contributed by atoms with Crippen molar-refractivity contribution in [3.63, 3.8) is 0 Å². The van der Waals surface area contributed by atoms with E-state index in [4.69, 9.17) is 0 Å². The molecule has 6 nitrogen and oxygen atoms in total. The van der Waals surface area contributed by atoms with Crippen molar-refractivity contribution in [3.8, 4) is 0 Å². The van der Waals surface area contributed by atoms with Crippen molar-refractivity contribution < 1.29 is 26.4 Å². The van der Waals surface area contributed by atoms with E-state index >= 15 is 0 Å². The molecule has 1 N–H and O–H groups in total. The average Bonchev–Trinajstić information content (AvgIpc) is 2.85. The molecule has 0 aliphatic heterocycles. The molecule has 2 heterocycles. The van der Waals surface area contributed by atoms with Crippen LogP contribution in [0.1, 0.15) is 27.9 Å². The minimum atomic E-state index is -5.74. The van der Waals surface area contributed by atoms with Gasteiger partial charge in [-0.15, -0.1) is 11.3 Å². The Morgan fingerprint density at radius 3 is 2.58 bits per heavy atom. The quantitative estimate of drug-likeness (QED) is 0.882. The summed E-state index contributed by atoms with van der Waals surface area (Å²) >= 11 is 1.15. The van der Waals surface area contributed by atoms with Crippen LogP contribution in [0, 0.1) is 6.92 Å². The summed E-state index contributed by atoms with van der Waals surface area (Å²) in [7, 11) is -5.74. The zero-order valence-electron chi connectivity index (χ0n) is 12.5. The number of alkyl halides is 3. The predicted octanol–water partition coefficient (Wildman–Crippen LogP) is 2.95. The maximum atomic E-state index is 12.7. The number of carbonyl (C=O) groups is 1. The average molecular weight is 379 g/mol. The van der Waals surface area contributed by atoms with Gasteiger partial charge in [-0.1, -0.05) is 6.92 Å². The van der Waals surface area contributed by atoms with Crippen molar-refractivity contribution in [2.75, 3.05) is 5.32 Å². The highest BCUT2D eigenvalue weighted by Gasteiger charge is 2.49. The van der Waals surface area contributed by atoms with Crippen molar-refractivity contribution in [1.29, 1.82) is 0 Å². The van der Waals surface area contributed by atoms with Crippen LogP contribution < -0.4 is 5.32 Å². The SMILES string of the molecule is CCc1nc(NC(=O)c2cccnc2S(=O)(=O)C(F)(F)F)sc1C. The summed E-state index contributed by atoms with van der Waals surface area (Å²) in [4.78, 5) is 20.4. The summed E-state index contributed by atoms with van der Waals surface area (Å²) in [5.41, 5.74) is -5.51. The van der Waals surface area contributed by atoms with E-state index in [9.17, 15) is 26.4 Å². The van der Waals surface area contributed by atoms with Crippen LogP contribution in [0.3, 0.4) is 0 Å². The van der Waals surface area contributed by atoms with Gasteiger partial charge < -0.3 is 0 Å². The summed E-state index contributed by atoms with van der Waals surface area (Å²) in [6.45, 7) is 3.65. The van der Waals surface area contributed by atoms with Gasteiger partial charge in [-0.05, 0) is 25.5 Å². The van der Waals surface area contributed by atoms with Gasteiger partial charge in [0, 0.05) is 11.1 Å². The van der Waals surface area contributed by atoms with E-state index in [2.05, 4.69) is 15.3 Å². The maximum absolute atomic E-state index is 12.7. The fourth-order valence-corrected chi connectivity index (χ4v) is 3.63. The number of pyridine rings is 1. The lowest BCUT2D eigenvalue weighted by atomic mass is 10.3. The minimum absolute atomic E-state index is 0.175. The Morgan fingerprint density at radius 1 is 1.38 bits per heavy atom. The first kappa shape index (κ1) is 18.3. The number of halogens is 3. The number of sulfone groups is 1. The Labute approximate surface area is 139 Å². The van der Waals surface area contributed by atoms with Crippen LogP contribution in [0.2, 0.25) is 0 Å². The van der Waals surface area contributed by atoms with Gasteiger partial charge in [-0.25, -0.2) is 18.4 Å². The maximum Gasteiger partial charge on any atom is 0.503 e. The van der Waals surface area contributed by atoms with E-state index < -0.39 is 31.8 Å². The molecule has 0 bridgehead atoms. The molecule has 0 saturated heterocycles. The van der Waals surface area contributed by atoms with Crippen molar-refractivity contribution in [2.45, 2.75) is 30.8 Å². The monoisotopic (exact) mass is 379 g/mol. The summed E-state index contributed by atoms with van der Waals surface area (Å²) < 4.78 is 61.3. The Bertz CT molecular complexity index is 876. The molecule has 0 unspecified atom stereocenters. The molecule has 1 amide bonds. The molecule has 0 aliphatic carbocycles. The molecule has 2 rings (SSSR count). The fourth-order valence-electron chi connectivity index (χ4n) is 1.86. The standard InChI is InChI=1S/C13H12F3N3O3S2/c1-3-9-7(2)23-12(18-9)19-10(20)8-5-4-6-17-11(8)24(21,22)13(14,15)16/h4-6H,3H2,1-2H3,(H,18,19,20). The number of nitrogens with zero attached hydrogens (tertiary/aromatic N) is 2. The Balaban J connectivity index is 2.41. The topological polar surface area (TPSA) is 89.0 Å². The molecule has 0 radical (unpaired) electrons. The number of rotatable bonds is 4. The van der Waals surface area contributed by atoms with Gasteiger partial charge in [0.25, 0.3) is 15.7 Å². The zero-order valence-corrected chi connectivity index (χ0v) is 14.1. The van der Waals surface area contributed by atoms with E-state index in [0.29, 0.717) is 6.42 Å². The summed E-state index contributed by atoms with van der Waals surface area (Å²) in [5.74, 6) is -1.03. The third-order valence-electron chi connectivity index (χ3n) is 3.02. The van der Waals surface area contributed by atoms with Gasteiger partial charge in [0.15, 0.2) is 10.2 Å². The van der Waals surface area contributed by atoms with E-state index in [-0.39, 0.29) is 5.13 Å². The number of amides is 1. The van der Waals surface area contributed by atoms with Crippen LogP contribution in [0.15, 0.2) is 23.4 Å². The fraction of sp³-hybridized carbons (Fsp3) is 0.308. The van der Waals surface area contributed by atoms with Crippen LogP contribution in [-0.2, 0) is 16.3 Å². The number of aryl methyl sites for hydroxylation is 2. The van der Waals surface area contributed by atoms with Crippen molar-refractivity contribution in [1.82, 2.24) is 9.97 Å². The summed E-state index contributed by atoms with van der Waals surface area (Å²) in [6, 6.07) is 2.14. The molecular formula is C13H12F3N3O3S2. The molecule has 24 heavy (non-hydrogen) atoms. The Morgan fingerprint density at radius 2 is 2.04 bits per heavy atom. The number of aromatic nitrogens is 2. The van der Waals surface area contributed by atoms with Crippen LogP contribution in [0.5, 0.6) is 0 Å². The highest BCUT2D eigenvalue weighted by molar-refractivity contribution is 7.92. The number of hydrogen-bond acceptors (Lipinski definition) is 6. The predicted molar refractivity (Wildman–Crippen MR) is 81.7 cm³/mol. The molecule has 11 heteroatoms. The molecule has 0 saturated carbocycles. The Kier molecular flexibility index (Phi) is 4.95. The van der Waals surface area contributed by atoms with Crippen LogP contribution in [0.25, 0.3) is 0 Å². The van der Waals surface area contributed by atoms with Crippen LogP contribution in [-0.4, -0.2) is 29.8 Å². The van der Waals surface area contributed by atoms with Gasteiger partial charge in [0.2, 0.25) is 0 Å². The zero-order chi connectivity index (χ0) is 18.1. The van der Waals surface area contributed by atoms with Gasteiger partial charge in [0.1, 0.15) is 0 Å². The van der Waals surface area contributed by atoms with Crippen molar-refractivity contribution >= 4 is 32.2 Å². The van der Waals surface area contributed by atoms with Gasteiger partial charge in [0.05, 0.1) is 11.3 Å². The van der Waals surface area contributed by atoms with E-state index in [1.54, 1.807) is 6.92 Å². The first-order valence-electron chi connectivity index (χ1n) is 6.62. The third-order valence-corrected chi connectivity index (χ3v) is 5.40. The molecule has 0 aromatic carbocycles. The van der Waals surface area contributed by atoms with Gasteiger partial charge in [-0.2, -0.15) is 13.2 Å². The van der Waals surface area contributed by atoms with E-state index in [1.807, 2.05) is 6.92 Å². The lowest BCUT2D eigenvalue weighted by Crippen LogP contribution is -2.27. The first-order chi connectivity index (χ1) is 11.1. The normalized spacial score (nSPS) is 12.2. The molecule has 0 spiro atoms. The van der Waals surface area contributed by atoms with Gasteiger partial charge >= 0.3 is 5.51 Å². The number of carbonyl (C=O) groups excluding carboxylic acids is 1. The van der Waals surface area contributed by atoms with Gasteiger partial charge in [-0.3, -0.25) is 10.1 Å². The second-order valence-corrected chi connectivity index (χ2v) is 7.69. The summed E-state index contributed by atoms with van der Waals surface area (Å²) in [5, 5.41) is 1.15. The molecule has 0 aliphatic rings. The highest BCUT2D eigenvalue weighted by Crippen LogP contribution is 2.31. The summed E-state index contributed by atoms with van der Waals surface area (Å²) in [6.07, 6.45) is 1.50. The molecule has 130 valence electrons. The van der Waals surface area contributed by atoms with E-state index in [0.717, 1.165) is 34.2 Å². The van der Waals surface area contributed by atoms with Crippen molar-refractivity contribution in [2.24, 2.45) is 0 Å². The largest absolute Gasteiger partial charge is 0.503 e. The molecule has 2 aromatic heterocycles. The number of thiazole rings is 1. The smallest absolute Gasteiger partial charge is 0.298 e. The molecular weight excluding hydrogens is 367 g/mol. The number of anilines is 1. The van der Waals surface area contributed by atoms with Crippen LogP contribution in [0.4, 0.5) is 18.3 Å². The lowest BCUT2D eigenvalue weighted by Gasteiger charge is -2.10. The highest BCUT2D eigenvalue weighted by atomic mass is 32.2. The molecule has 0 atom stereocenters. The second kappa shape index (κ2) is 6.48. The first-order valence-corrected chi connectivity index (χ1v) is 8.92. The lowest BCUT2D eigenvalue weighted by molar-refractivity contribution is -0.0438. The Hall–Kier alpha value is -2.01. The third kappa shape index (κ3) is 3.41. The number of hydrogen-bond donors (Lipinski definition) is 1. The molecule has 0 fully saturated rings. The molecule has 2 aromatic rings. The number of nitrogens with one attached hydrogen (secondary N) is 1. The van der Waals surface area contributed by atoms with Crippen LogP contribution >= 0.6 is 11.3 Å². The van der Waals surface area contributed by atoms with Crippen molar-refractivity contribution in [3.05, 3.63) is 34.5 Å².